The van der Waals surface area contributed by atoms with Crippen molar-refractivity contribution in [3.8, 4) is 0 Å². The predicted molar refractivity (Wildman–Crippen MR) is 150 cm³/mol. The lowest BCUT2D eigenvalue weighted by Crippen LogP contribution is -2.68. The molecule has 0 atom stereocenters. The van der Waals surface area contributed by atoms with E-state index >= 15 is 8.42 Å². The quantitative estimate of drug-likeness (QED) is 0.215. The van der Waals surface area contributed by atoms with Crippen molar-refractivity contribution in [1.29, 1.82) is 0 Å². The largest absolute Gasteiger partial charge is 0.339 e. The Morgan fingerprint density at radius 3 is 0.867 bits per heavy atom. The number of hydrogen-bond acceptors (Lipinski definition) is 4. The smallest absolute Gasteiger partial charge is 0.205 e. The summed E-state index contributed by atoms with van der Waals surface area (Å²) in [5.41, 5.74) is 0. The molecule has 1 aliphatic rings. The molecule has 1 rings (SSSR count). The molecule has 0 saturated heterocycles. The van der Waals surface area contributed by atoms with Gasteiger partial charge in [0.1, 0.15) is 35.8 Å². The summed E-state index contributed by atoms with van der Waals surface area (Å²) in [5, 5.41) is 0. The highest BCUT2D eigenvalue weighted by atomic mass is 32.3. The molecule has 10 heteroatoms. The molecular formula is C20H48O4S2Si4. The summed E-state index contributed by atoms with van der Waals surface area (Å²) in [4.78, 5) is 0. The maximum Gasteiger partial charge on any atom is 0.205 e. The Kier molecular flexibility index (Phi) is 9.23. The van der Waals surface area contributed by atoms with Crippen molar-refractivity contribution in [3.05, 3.63) is 0 Å². The molecule has 0 aromatic rings. The first-order chi connectivity index (χ1) is 13.5. The van der Waals surface area contributed by atoms with Gasteiger partial charge in [0.05, 0.1) is 7.64 Å². The standard InChI is InChI=1S/C20H48O4S2Si4/c1-13-29(14-2,15-3)19-25(21,23-27(7,8)9)20(30(16-4,17-5)18-6)26(19,22)24-28(10,11)12/h13-18H2,1-12H3. The minimum atomic E-state index is -2.86. The van der Waals surface area contributed by atoms with E-state index in [1.165, 1.54) is 0 Å². The van der Waals surface area contributed by atoms with Crippen LogP contribution in [-0.2, 0) is 27.3 Å². The van der Waals surface area contributed by atoms with Gasteiger partial charge in [0.15, 0.2) is 0 Å². The van der Waals surface area contributed by atoms with Crippen LogP contribution in [0.15, 0.2) is 0 Å². The van der Waals surface area contributed by atoms with E-state index in [2.05, 4.69) is 80.8 Å². The van der Waals surface area contributed by atoms with Gasteiger partial charge in [-0.2, -0.15) is 0 Å². The summed E-state index contributed by atoms with van der Waals surface area (Å²) in [6.07, 6.45) is 0. The van der Waals surface area contributed by atoms with Gasteiger partial charge < -0.3 is 7.74 Å². The van der Waals surface area contributed by atoms with Crippen molar-refractivity contribution in [2.75, 3.05) is 0 Å². The molecule has 0 N–H and O–H groups in total. The number of hydrogen-bond donors (Lipinski definition) is 0. The summed E-state index contributed by atoms with van der Waals surface area (Å²) in [5.74, 6) is 0. The molecule has 0 amide bonds. The normalized spacial score (nSPS) is 26.1. The van der Waals surface area contributed by atoms with E-state index in [0.717, 1.165) is 43.9 Å². The van der Waals surface area contributed by atoms with Crippen molar-refractivity contribution < 1.29 is 16.2 Å². The van der Waals surface area contributed by atoms with Crippen molar-refractivity contribution in [2.45, 2.75) is 117 Å². The van der Waals surface area contributed by atoms with Gasteiger partial charge in [0, 0.05) is 0 Å². The third kappa shape index (κ3) is 5.00. The van der Waals surface area contributed by atoms with E-state index < -0.39 is 52.4 Å². The Bertz CT molecular complexity index is 750. The average Bonchev–Trinajstić information content (AvgIpc) is 2.61. The highest BCUT2D eigenvalue weighted by molar-refractivity contribution is 8.53. The fourth-order valence-electron chi connectivity index (χ4n) is 4.78. The first kappa shape index (κ1) is 28.9. The van der Waals surface area contributed by atoms with Crippen LogP contribution in [0, 0.1) is 0 Å². The molecule has 0 spiro atoms. The van der Waals surface area contributed by atoms with Crippen LogP contribution in [0.2, 0.25) is 75.5 Å². The predicted octanol–water partition coefficient (Wildman–Crippen LogP) is 6.46. The third-order valence-corrected chi connectivity index (χ3v) is 35.4. The average molecular weight is 529 g/mol. The maximum atomic E-state index is 15.0. The molecule has 0 aromatic carbocycles. The molecule has 30 heavy (non-hydrogen) atoms. The lowest BCUT2D eigenvalue weighted by atomic mass is 10.9. The zero-order valence-corrected chi connectivity index (χ0v) is 27.3. The fraction of sp³-hybridized carbons (Fsp3) is 0.900. The second kappa shape index (κ2) is 9.59. The summed E-state index contributed by atoms with van der Waals surface area (Å²) >= 11 is 0. The van der Waals surface area contributed by atoms with E-state index in [9.17, 15) is 0 Å². The van der Waals surface area contributed by atoms with Crippen molar-refractivity contribution in [2.24, 2.45) is 0 Å². The molecule has 0 aromatic heterocycles. The Morgan fingerprint density at radius 2 is 0.733 bits per heavy atom. The van der Waals surface area contributed by atoms with Crippen LogP contribution in [0.3, 0.4) is 0 Å². The lowest BCUT2D eigenvalue weighted by molar-refractivity contribution is 0.562. The van der Waals surface area contributed by atoms with Crippen molar-refractivity contribution >= 4 is 60.0 Å². The van der Waals surface area contributed by atoms with E-state index in [-0.39, 0.29) is 0 Å². The SMILES string of the molecule is CC[Si](CC)(CC)C1=S(=O)(O[Si](C)(C)C)C([Si](CC)(CC)CC)=S1(=O)O[Si](C)(C)C. The molecule has 0 fully saturated rings. The second-order valence-electron chi connectivity index (χ2n) is 10.7. The summed E-state index contributed by atoms with van der Waals surface area (Å²) in [7, 11) is -14.4. The van der Waals surface area contributed by atoms with Crippen LogP contribution in [0.1, 0.15) is 41.5 Å². The van der Waals surface area contributed by atoms with Crippen LogP contribution in [-0.4, -0.2) is 48.8 Å². The first-order valence-corrected chi connectivity index (χ1v) is 26.8. The minimum Gasteiger partial charge on any atom is -0.339 e. The van der Waals surface area contributed by atoms with Crippen LogP contribution < -0.4 is 0 Å². The van der Waals surface area contributed by atoms with E-state index in [1.54, 1.807) is 0 Å². The zero-order chi connectivity index (χ0) is 23.8. The zero-order valence-electron chi connectivity index (χ0n) is 21.7. The minimum absolute atomic E-state index is 0.780. The van der Waals surface area contributed by atoms with Crippen LogP contribution in [0.25, 0.3) is 0 Å². The third-order valence-electron chi connectivity index (χ3n) is 6.64. The molecule has 0 bridgehead atoms. The van der Waals surface area contributed by atoms with Gasteiger partial charge in [-0.3, -0.25) is 0 Å². The Morgan fingerprint density at radius 1 is 0.533 bits per heavy atom. The number of rotatable bonds is 12. The van der Waals surface area contributed by atoms with Crippen molar-refractivity contribution in [3.63, 3.8) is 0 Å². The molecule has 180 valence electrons. The Hall–Kier alpha value is 0.828. The van der Waals surface area contributed by atoms with Gasteiger partial charge in [-0.05, 0) is 39.3 Å². The molecule has 0 unspecified atom stereocenters. The summed E-state index contributed by atoms with van der Waals surface area (Å²) in [6.45, 7) is 25.8. The topological polar surface area (TPSA) is 52.6 Å². The molecule has 1 aliphatic heterocycles. The monoisotopic (exact) mass is 528 g/mol. The summed E-state index contributed by atoms with van der Waals surface area (Å²) < 4.78 is 44.9. The van der Waals surface area contributed by atoms with Gasteiger partial charge in [0.25, 0.3) is 0 Å². The molecule has 0 saturated carbocycles. The molecule has 0 radical (unpaired) electrons. The molecular weight excluding hydrogens is 481 g/mol. The maximum absolute atomic E-state index is 15.0. The van der Waals surface area contributed by atoms with Gasteiger partial charge in [-0.1, -0.05) is 77.8 Å². The molecule has 1 heterocycles. The van der Waals surface area contributed by atoms with Gasteiger partial charge in [-0.25, -0.2) is 8.42 Å². The van der Waals surface area contributed by atoms with Crippen LogP contribution in [0.4, 0.5) is 0 Å². The summed E-state index contributed by atoms with van der Waals surface area (Å²) in [6, 6.07) is 5.66. The highest BCUT2D eigenvalue weighted by Gasteiger charge is 2.60. The lowest BCUT2D eigenvalue weighted by Gasteiger charge is -2.49. The van der Waals surface area contributed by atoms with E-state index in [0.29, 0.717) is 0 Å². The van der Waals surface area contributed by atoms with Gasteiger partial charge >= 0.3 is 0 Å². The second-order valence-corrected chi connectivity index (χ2v) is 36.4. The first-order valence-electron chi connectivity index (χ1n) is 11.8. The fourth-order valence-corrected chi connectivity index (χ4v) is 39.2. The van der Waals surface area contributed by atoms with E-state index in [4.69, 9.17) is 7.74 Å². The molecule has 4 nitrogen and oxygen atoms in total. The van der Waals surface area contributed by atoms with Crippen LogP contribution >= 0.6 is 0 Å². The van der Waals surface area contributed by atoms with Crippen LogP contribution in [0.5, 0.6) is 0 Å². The Labute approximate surface area is 192 Å². The Balaban J connectivity index is 4.23. The van der Waals surface area contributed by atoms with E-state index in [1.807, 2.05) is 0 Å². The van der Waals surface area contributed by atoms with Gasteiger partial charge in [-0.15, -0.1) is 0 Å². The van der Waals surface area contributed by atoms with Gasteiger partial charge in [0.2, 0.25) is 16.6 Å². The molecule has 0 aliphatic carbocycles. The van der Waals surface area contributed by atoms with Crippen molar-refractivity contribution in [1.82, 2.24) is 0 Å². The highest BCUT2D eigenvalue weighted by Crippen LogP contribution is 2.42.